The molecule has 1 saturated heterocycles. The summed E-state index contributed by atoms with van der Waals surface area (Å²) in [6.07, 6.45) is 6.43. The zero-order chi connectivity index (χ0) is 15.2. The lowest BCUT2D eigenvalue weighted by molar-refractivity contribution is 0.0922. The Labute approximate surface area is 128 Å². The van der Waals surface area contributed by atoms with Gasteiger partial charge in [0.15, 0.2) is 0 Å². The largest absolute Gasteiger partial charge is 0.348 e. The summed E-state index contributed by atoms with van der Waals surface area (Å²) in [4.78, 5) is 12.5. The molecule has 0 spiro atoms. The van der Waals surface area contributed by atoms with E-state index in [9.17, 15) is 4.79 Å². The normalized spacial score (nSPS) is 19.2. The lowest BCUT2D eigenvalue weighted by Crippen LogP contribution is -2.36. The summed E-state index contributed by atoms with van der Waals surface area (Å²) in [6, 6.07) is 4.60. The molecule has 2 rings (SSSR count). The average Bonchev–Trinajstić information content (AvgIpc) is 2.97. The average molecular weight is 291 g/mol. The predicted octanol–water partition coefficient (Wildman–Crippen LogP) is 2.97. The molecule has 1 amide bonds. The van der Waals surface area contributed by atoms with E-state index in [1.807, 2.05) is 18.3 Å². The van der Waals surface area contributed by atoms with E-state index >= 15 is 0 Å². The topological polar surface area (TPSA) is 46.1 Å². The Hall–Kier alpha value is -1.29. The molecule has 2 unspecified atom stereocenters. The van der Waals surface area contributed by atoms with Crippen LogP contribution in [0.4, 0.5) is 0 Å². The van der Waals surface area contributed by atoms with E-state index < -0.39 is 0 Å². The fraction of sp³-hybridized carbons (Fsp3) is 0.706. The van der Waals surface area contributed by atoms with Gasteiger partial charge in [0.25, 0.3) is 5.91 Å². The standard InChI is InChI=1S/C17H29N3O/c1-4-13(2)12-14(3)19-17(21)16-6-5-11-20(16)15-7-9-18-10-8-15/h5-6,11,13-15,18H,4,7-10,12H2,1-3H3,(H,19,21). The van der Waals surface area contributed by atoms with E-state index in [0.29, 0.717) is 12.0 Å². The maximum Gasteiger partial charge on any atom is 0.268 e. The molecule has 0 radical (unpaired) electrons. The van der Waals surface area contributed by atoms with Crippen LogP contribution in [0, 0.1) is 5.92 Å². The first-order valence-electron chi connectivity index (χ1n) is 8.30. The first-order valence-corrected chi connectivity index (χ1v) is 8.30. The summed E-state index contributed by atoms with van der Waals surface area (Å²) in [5, 5.41) is 6.52. The Morgan fingerprint density at radius 3 is 2.81 bits per heavy atom. The van der Waals surface area contributed by atoms with Gasteiger partial charge in [0.2, 0.25) is 0 Å². The van der Waals surface area contributed by atoms with Gasteiger partial charge in [-0.2, -0.15) is 0 Å². The minimum absolute atomic E-state index is 0.0642. The molecule has 21 heavy (non-hydrogen) atoms. The molecule has 0 bridgehead atoms. The second kappa shape index (κ2) is 7.64. The number of hydrogen-bond acceptors (Lipinski definition) is 2. The molecule has 2 heterocycles. The van der Waals surface area contributed by atoms with E-state index in [1.165, 1.54) is 0 Å². The van der Waals surface area contributed by atoms with Gasteiger partial charge < -0.3 is 15.2 Å². The van der Waals surface area contributed by atoms with Crippen LogP contribution in [0.5, 0.6) is 0 Å². The molecule has 4 heteroatoms. The predicted molar refractivity (Wildman–Crippen MR) is 86.6 cm³/mol. The number of nitrogens with one attached hydrogen (secondary N) is 2. The summed E-state index contributed by atoms with van der Waals surface area (Å²) in [7, 11) is 0. The lowest BCUT2D eigenvalue weighted by Gasteiger charge is -2.26. The second-order valence-corrected chi connectivity index (χ2v) is 6.41. The quantitative estimate of drug-likeness (QED) is 0.846. The van der Waals surface area contributed by atoms with Crippen molar-refractivity contribution in [2.24, 2.45) is 5.92 Å². The molecular formula is C17H29N3O. The smallest absolute Gasteiger partial charge is 0.268 e. The minimum Gasteiger partial charge on any atom is -0.348 e. The Bertz CT molecular complexity index is 449. The van der Waals surface area contributed by atoms with E-state index in [2.05, 4.69) is 36.0 Å². The number of piperidine rings is 1. The van der Waals surface area contributed by atoms with Crippen molar-refractivity contribution in [1.29, 1.82) is 0 Å². The monoisotopic (exact) mass is 291 g/mol. The van der Waals surface area contributed by atoms with Gasteiger partial charge in [0, 0.05) is 18.3 Å². The third-order valence-corrected chi connectivity index (χ3v) is 4.54. The van der Waals surface area contributed by atoms with Crippen molar-refractivity contribution in [3.8, 4) is 0 Å². The van der Waals surface area contributed by atoms with Crippen LogP contribution in [-0.2, 0) is 0 Å². The van der Waals surface area contributed by atoms with Crippen LogP contribution in [0.2, 0.25) is 0 Å². The van der Waals surface area contributed by atoms with Crippen LogP contribution in [0.1, 0.15) is 63.0 Å². The highest BCUT2D eigenvalue weighted by atomic mass is 16.2. The highest BCUT2D eigenvalue weighted by Crippen LogP contribution is 2.21. The van der Waals surface area contributed by atoms with Gasteiger partial charge in [-0.05, 0) is 57.3 Å². The van der Waals surface area contributed by atoms with Crippen molar-refractivity contribution in [3.05, 3.63) is 24.0 Å². The van der Waals surface area contributed by atoms with Crippen LogP contribution >= 0.6 is 0 Å². The summed E-state index contributed by atoms with van der Waals surface area (Å²) >= 11 is 0. The number of hydrogen-bond donors (Lipinski definition) is 2. The maximum atomic E-state index is 12.5. The highest BCUT2D eigenvalue weighted by Gasteiger charge is 2.21. The van der Waals surface area contributed by atoms with Gasteiger partial charge in [-0.3, -0.25) is 4.79 Å². The number of carbonyl (C=O) groups is 1. The number of amides is 1. The van der Waals surface area contributed by atoms with Gasteiger partial charge in [-0.15, -0.1) is 0 Å². The molecule has 0 aliphatic carbocycles. The van der Waals surface area contributed by atoms with E-state index in [0.717, 1.165) is 44.5 Å². The van der Waals surface area contributed by atoms with Crippen molar-refractivity contribution in [3.63, 3.8) is 0 Å². The molecule has 1 aliphatic rings. The SMILES string of the molecule is CCC(C)CC(C)NC(=O)c1cccn1C1CCNCC1. The Balaban J connectivity index is 1.98. The third kappa shape index (κ3) is 4.34. The Morgan fingerprint density at radius 1 is 1.43 bits per heavy atom. The van der Waals surface area contributed by atoms with Gasteiger partial charge in [-0.1, -0.05) is 20.3 Å². The first-order chi connectivity index (χ1) is 10.1. The molecule has 2 atom stereocenters. The number of carbonyl (C=O) groups excluding carboxylic acids is 1. The zero-order valence-electron chi connectivity index (χ0n) is 13.6. The Morgan fingerprint density at radius 2 is 2.14 bits per heavy atom. The van der Waals surface area contributed by atoms with Gasteiger partial charge in [0.1, 0.15) is 5.69 Å². The fourth-order valence-corrected chi connectivity index (χ4v) is 3.12. The molecule has 0 aromatic carbocycles. The second-order valence-electron chi connectivity index (χ2n) is 6.41. The molecule has 4 nitrogen and oxygen atoms in total. The van der Waals surface area contributed by atoms with E-state index in [4.69, 9.17) is 0 Å². The summed E-state index contributed by atoms with van der Waals surface area (Å²) in [6.45, 7) is 8.60. The van der Waals surface area contributed by atoms with Crippen molar-refractivity contribution in [1.82, 2.24) is 15.2 Å². The van der Waals surface area contributed by atoms with Crippen LogP contribution in [0.15, 0.2) is 18.3 Å². The zero-order valence-corrected chi connectivity index (χ0v) is 13.6. The van der Waals surface area contributed by atoms with Crippen LogP contribution in [-0.4, -0.2) is 29.6 Å². The number of rotatable bonds is 6. The molecule has 118 valence electrons. The highest BCUT2D eigenvalue weighted by molar-refractivity contribution is 5.93. The molecule has 1 aliphatic heterocycles. The van der Waals surface area contributed by atoms with Crippen molar-refractivity contribution in [2.45, 2.75) is 58.5 Å². The first kappa shape index (κ1) is 16.1. The molecule has 1 aromatic rings. The minimum atomic E-state index is 0.0642. The van der Waals surface area contributed by atoms with Crippen LogP contribution in [0.25, 0.3) is 0 Å². The molecule has 1 fully saturated rings. The number of aromatic nitrogens is 1. The van der Waals surface area contributed by atoms with Crippen LogP contribution in [0.3, 0.4) is 0 Å². The molecule has 0 saturated carbocycles. The van der Waals surface area contributed by atoms with Gasteiger partial charge >= 0.3 is 0 Å². The van der Waals surface area contributed by atoms with E-state index in [1.54, 1.807) is 0 Å². The molecular weight excluding hydrogens is 262 g/mol. The van der Waals surface area contributed by atoms with Gasteiger partial charge in [-0.25, -0.2) is 0 Å². The molecule has 1 aromatic heterocycles. The molecule has 2 N–H and O–H groups in total. The maximum absolute atomic E-state index is 12.5. The third-order valence-electron chi connectivity index (χ3n) is 4.54. The van der Waals surface area contributed by atoms with E-state index in [-0.39, 0.29) is 11.9 Å². The summed E-state index contributed by atoms with van der Waals surface area (Å²) in [5.74, 6) is 0.714. The van der Waals surface area contributed by atoms with Crippen molar-refractivity contribution >= 4 is 5.91 Å². The summed E-state index contributed by atoms with van der Waals surface area (Å²) < 4.78 is 2.16. The van der Waals surface area contributed by atoms with Crippen molar-refractivity contribution in [2.75, 3.05) is 13.1 Å². The van der Waals surface area contributed by atoms with Crippen LogP contribution < -0.4 is 10.6 Å². The fourth-order valence-electron chi connectivity index (χ4n) is 3.12. The summed E-state index contributed by atoms with van der Waals surface area (Å²) in [5.41, 5.74) is 0.804. The lowest BCUT2D eigenvalue weighted by atomic mass is 10.0. The van der Waals surface area contributed by atoms with Crippen molar-refractivity contribution < 1.29 is 4.79 Å². The van der Waals surface area contributed by atoms with Gasteiger partial charge in [0.05, 0.1) is 0 Å². The number of nitrogens with zero attached hydrogens (tertiary/aromatic N) is 1. The Kier molecular flexibility index (Phi) is 5.85.